The van der Waals surface area contributed by atoms with Crippen molar-refractivity contribution in [3.8, 4) is 11.1 Å². The van der Waals surface area contributed by atoms with Crippen molar-refractivity contribution in [1.82, 2.24) is 4.98 Å². The van der Waals surface area contributed by atoms with E-state index >= 15 is 0 Å². The number of nitrogens with zero attached hydrogens (tertiary/aromatic N) is 1. The molecule has 2 aliphatic heterocycles. The third-order valence-corrected chi connectivity index (χ3v) is 5.83. The van der Waals surface area contributed by atoms with Gasteiger partial charge in [0, 0.05) is 23.0 Å². The first kappa shape index (κ1) is 19.8. The van der Waals surface area contributed by atoms with Crippen molar-refractivity contribution in [2.45, 2.75) is 25.0 Å². The summed E-state index contributed by atoms with van der Waals surface area (Å²) in [7, 11) is 0. The SMILES string of the molecule is O=C(Nc1ccc(-c2ccccc2F)c(F)c1)C1=C(c2ccnc(Cl)c2)[C@@H]2CC[C@@H]1O2. The highest BCUT2D eigenvalue weighted by Gasteiger charge is 2.43. The van der Waals surface area contributed by atoms with E-state index in [1.807, 2.05) is 0 Å². The van der Waals surface area contributed by atoms with Gasteiger partial charge in [-0.25, -0.2) is 13.8 Å². The van der Waals surface area contributed by atoms with Crippen molar-refractivity contribution >= 4 is 28.8 Å². The molecule has 3 heterocycles. The molecular weight excluding hydrogens is 422 g/mol. The highest BCUT2D eigenvalue weighted by atomic mass is 35.5. The summed E-state index contributed by atoms with van der Waals surface area (Å²) in [5, 5.41) is 3.09. The Morgan fingerprint density at radius 2 is 1.77 bits per heavy atom. The molecule has 3 aromatic rings. The van der Waals surface area contributed by atoms with E-state index < -0.39 is 11.6 Å². The van der Waals surface area contributed by atoms with Gasteiger partial charge in [0.2, 0.25) is 0 Å². The van der Waals surface area contributed by atoms with Gasteiger partial charge in [-0.15, -0.1) is 0 Å². The van der Waals surface area contributed by atoms with Crippen molar-refractivity contribution in [3.63, 3.8) is 0 Å². The largest absolute Gasteiger partial charge is 0.365 e. The lowest BCUT2D eigenvalue weighted by Crippen LogP contribution is -2.23. The molecule has 0 spiro atoms. The highest BCUT2D eigenvalue weighted by Crippen LogP contribution is 2.44. The van der Waals surface area contributed by atoms with E-state index in [0.29, 0.717) is 10.7 Å². The Hall–Kier alpha value is -3.09. The van der Waals surface area contributed by atoms with Gasteiger partial charge in [0.1, 0.15) is 16.8 Å². The molecule has 7 heteroatoms. The summed E-state index contributed by atoms with van der Waals surface area (Å²) in [5.41, 5.74) is 2.69. The predicted octanol–water partition coefficient (Wildman–Crippen LogP) is 5.63. The first-order valence-electron chi connectivity index (χ1n) is 9.88. The standard InChI is InChI=1S/C24H17ClF2N2O2/c25-21-11-13(9-10-28-21)22-19-7-8-20(31-19)23(22)24(30)29-14-5-6-16(18(27)12-14)15-3-1-2-4-17(15)26/h1-6,9-12,19-20H,7-8H2,(H,29,30)/t19-,20-/m0/s1. The predicted molar refractivity (Wildman–Crippen MR) is 114 cm³/mol. The summed E-state index contributed by atoms with van der Waals surface area (Å²) >= 11 is 6.03. The zero-order valence-electron chi connectivity index (χ0n) is 16.2. The monoisotopic (exact) mass is 438 g/mol. The highest BCUT2D eigenvalue weighted by molar-refractivity contribution is 6.29. The summed E-state index contributed by atoms with van der Waals surface area (Å²) in [6.07, 6.45) is 2.67. The minimum Gasteiger partial charge on any atom is -0.365 e. The lowest BCUT2D eigenvalue weighted by Gasteiger charge is -2.17. The minimum atomic E-state index is -0.623. The fourth-order valence-electron chi connectivity index (χ4n) is 4.28. The zero-order valence-corrected chi connectivity index (χ0v) is 17.0. The number of amides is 1. The molecule has 1 aromatic heterocycles. The number of rotatable bonds is 4. The molecule has 4 nitrogen and oxygen atoms in total. The summed E-state index contributed by atoms with van der Waals surface area (Å²) in [6.45, 7) is 0. The Morgan fingerprint density at radius 3 is 2.55 bits per heavy atom. The number of hydrogen-bond acceptors (Lipinski definition) is 3. The number of hydrogen-bond donors (Lipinski definition) is 1. The lowest BCUT2D eigenvalue weighted by molar-refractivity contribution is -0.113. The van der Waals surface area contributed by atoms with Crippen LogP contribution in [0.1, 0.15) is 18.4 Å². The molecule has 0 unspecified atom stereocenters. The van der Waals surface area contributed by atoms with Crippen LogP contribution in [0.3, 0.4) is 0 Å². The molecule has 2 aromatic carbocycles. The molecule has 0 aliphatic carbocycles. The van der Waals surface area contributed by atoms with Gasteiger partial charge in [-0.05, 0) is 60.4 Å². The normalized spacial score (nSPS) is 19.7. The molecule has 1 amide bonds. The molecule has 5 rings (SSSR count). The molecule has 0 radical (unpaired) electrons. The van der Waals surface area contributed by atoms with E-state index in [1.54, 1.807) is 36.5 Å². The maximum absolute atomic E-state index is 14.7. The van der Waals surface area contributed by atoms with E-state index in [0.717, 1.165) is 24.0 Å². The van der Waals surface area contributed by atoms with Crippen LogP contribution < -0.4 is 5.32 Å². The molecule has 2 bridgehead atoms. The van der Waals surface area contributed by atoms with Gasteiger partial charge in [0.05, 0.1) is 17.8 Å². The van der Waals surface area contributed by atoms with Gasteiger partial charge >= 0.3 is 0 Å². The van der Waals surface area contributed by atoms with Gasteiger partial charge < -0.3 is 10.1 Å². The molecule has 1 saturated heterocycles. The lowest BCUT2D eigenvalue weighted by atomic mass is 9.87. The Bertz CT molecular complexity index is 1230. The molecule has 2 atom stereocenters. The summed E-state index contributed by atoms with van der Waals surface area (Å²) in [5.74, 6) is -1.49. The topological polar surface area (TPSA) is 51.2 Å². The van der Waals surface area contributed by atoms with Gasteiger partial charge in [0.25, 0.3) is 5.91 Å². The Kier molecular flexibility index (Phi) is 5.04. The van der Waals surface area contributed by atoms with Gasteiger partial charge in [-0.3, -0.25) is 4.79 Å². The van der Waals surface area contributed by atoms with E-state index in [9.17, 15) is 13.6 Å². The number of anilines is 1. The summed E-state index contributed by atoms with van der Waals surface area (Å²) in [6, 6.07) is 13.7. The molecule has 1 fully saturated rings. The number of nitrogens with one attached hydrogen (secondary N) is 1. The number of benzene rings is 2. The number of carbonyl (C=O) groups excluding carboxylic acids is 1. The van der Waals surface area contributed by atoms with Crippen LogP contribution in [0.15, 0.2) is 66.4 Å². The van der Waals surface area contributed by atoms with Crippen LogP contribution in [0.2, 0.25) is 5.15 Å². The summed E-state index contributed by atoms with van der Waals surface area (Å²) < 4.78 is 34.7. The van der Waals surface area contributed by atoms with Crippen molar-refractivity contribution in [2.24, 2.45) is 0 Å². The number of ether oxygens (including phenoxy) is 1. The molecule has 1 N–H and O–H groups in total. The van der Waals surface area contributed by atoms with Crippen LogP contribution in [-0.4, -0.2) is 23.1 Å². The van der Waals surface area contributed by atoms with Crippen molar-refractivity contribution in [2.75, 3.05) is 5.32 Å². The molecule has 2 aliphatic rings. The Labute approximate surface area is 182 Å². The van der Waals surface area contributed by atoms with Crippen LogP contribution in [0.4, 0.5) is 14.5 Å². The number of fused-ring (bicyclic) bond motifs is 2. The van der Waals surface area contributed by atoms with E-state index in [1.165, 1.54) is 24.3 Å². The third-order valence-electron chi connectivity index (χ3n) is 5.63. The smallest absolute Gasteiger partial charge is 0.254 e. The van der Waals surface area contributed by atoms with E-state index in [2.05, 4.69) is 10.3 Å². The number of carbonyl (C=O) groups is 1. The van der Waals surface area contributed by atoms with Crippen molar-refractivity contribution in [1.29, 1.82) is 0 Å². The molecule has 156 valence electrons. The zero-order chi connectivity index (χ0) is 21.5. The van der Waals surface area contributed by atoms with E-state index in [4.69, 9.17) is 16.3 Å². The fraction of sp³-hybridized carbons (Fsp3) is 0.167. The first-order chi connectivity index (χ1) is 15.0. The van der Waals surface area contributed by atoms with Gasteiger partial charge in [-0.1, -0.05) is 29.8 Å². The Morgan fingerprint density at radius 1 is 1.00 bits per heavy atom. The van der Waals surface area contributed by atoms with Crippen LogP contribution >= 0.6 is 11.6 Å². The summed E-state index contributed by atoms with van der Waals surface area (Å²) in [4.78, 5) is 17.1. The second-order valence-electron chi connectivity index (χ2n) is 7.51. The number of aromatic nitrogens is 1. The molecule has 31 heavy (non-hydrogen) atoms. The minimum absolute atomic E-state index is 0.130. The van der Waals surface area contributed by atoms with E-state index in [-0.39, 0.29) is 34.9 Å². The van der Waals surface area contributed by atoms with Crippen LogP contribution in [0.5, 0.6) is 0 Å². The first-order valence-corrected chi connectivity index (χ1v) is 10.3. The average Bonchev–Trinajstić information content (AvgIpc) is 3.36. The maximum Gasteiger partial charge on any atom is 0.254 e. The fourth-order valence-corrected chi connectivity index (χ4v) is 4.45. The van der Waals surface area contributed by atoms with Crippen LogP contribution in [0, 0.1) is 11.6 Å². The third kappa shape index (κ3) is 3.62. The van der Waals surface area contributed by atoms with Crippen LogP contribution in [0.25, 0.3) is 16.7 Å². The number of halogens is 3. The van der Waals surface area contributed by atoms with Gasteiger partial charge in [0.15, 0.2) is 0 Å². The average molecular weight is 439 g/mol. The molecule has 0 saturated carbocycles. The molecular formula is C24H17ClF2N2O2. The van der Waals surface area contributed by atoms with Crippen molar-refractivity contribution in [3.05, 3.63) is 88.7 Å². The maximum atomic E-state index is 14.7. The number of pyridine rings is 1. The Balaban J connectivity index is 1.46. The second kappa shape index (κ2) is 7.87. The van der Waals surface area contributed by atoms with Crippen LogP contribution in [-0.2, 0) is 9.53 Å². The quantitative estimate of drug-likeness (QED) is 0.537. The van der Waals surface area contributed by atoms with Crippen molar-refractivity contribution < 1.29 is 18.3 Å². The second-order valence-corrected chi connectivity index (χ2v) is 7.90. The van der Waals surface area contributed by atoms with Gasteiger partial charge in [-0.2, -0.15) is 0 Å².